The molecule has 0 saturated carbocycles. The molecule has 0 aliphatic heterocycles. The molecule has 4 rings (SSSR count). The predicted octanol–water partition coefficient (Wildman–Crippen LogP) is 4.76. The van der Waals surface area contributed by atoms with Crippen LogP contribution in [0.1, 0.15) is 5.89 Å². The van der Waals surface area contributed by atoms with E-state index < -0.39 is 0 Å². The Morgan fingerprint density at radius 1 is 0.806 bits per heavy atom. The Morgan fingerprint density at radius 2 is 1.45 bits per heavy atom. The van der Waals surface area contributed by atoms with E-state index in [0.29, 0.717) is 56.5 Å². The normalized spacial score (nSPS) is 10.8. The minimum absolute atomic E-state index is 0.314. The zero-order valence-electron chi connectivity index (χ0n) is 16.8. The molecule has 0 atom stereocenters. The second-order valence-corrected chi connectivity index (χ2v) is 7.45. The van der Waals surface area contributed by atoms with Gasteiger partial charge in [0, 0.05) is 16.1 Å². The molecule has 2 aromatic heterocycles. The number of nitrogens with zero attached hydrogens (tertiary/aromatic N) is 4. The quantitative estimate of drug-likeness (QED) is 0.341. The maximum Gasteiger partial charge on any atom is 0.277 e. The van der Waals surface area contributed by atoms with Crippen molar-refractivity contribution in [2.75, 3.05) is 21.3 Å². The molecule has 0 N–H and O–H groups in total. The van der Waals surface area contributed by atoms with E-state index in [0.717, 1.165) is 5.56 Å². The first kappa shape index (κ1) is 21.0. The molecule has 0 radical (unpaired) electrons. The van der Waals surface area contributed by atoms with Crippen molar-refractivity contribution in [3.8, 4) is 40.2 Å². The van der Waals surface area contributed by atoms with Crippen LogP contribution in [0.3, 0.4) is 0 Å². The first-order valence-corrected chi connectivity index (χ1v) is 10.3. The van der Waals surface area contributed by atoms with Crippen LogP contribution in [-0.4, -0.2) is 41.7 Å². The van der Waals surface area contributed by atoms with Crippen molar-refractivity contribution in [1.29, 1.82) is 0 Å². The Labute approximate surface area is 186 Å². The fourth-order valence-corrected chi connectivity index (χ4v) is 3.46. The van der Waals surface area contributed by atoms with Gasteiger partial charge in [0.15, 0.2) is 11.5 Å². The molecule has 160 valence electrons. The van der Waals surface area contributed by atoms with Gasteiger partial charge in [-0.15, -0.1) is 20.4 Å². The Hall–Kier alpha value is -3.24. The van der Waals surface area contributed by atoms with Crippen LogP contribution in [-0.2, 0) is 5.75 Å². The van der Waals surface area contributed by atoms with Crippen LogP contribution in [0.5, 0.6) is 17.2 Å². The van der Waals surface area contributed by atoms with E-state index in [2.05, 4.69) is 20.4 Å². The number of methoxy groups -OCH3 is 3. The highest BCUT2D eigenvalue weighted by atomic mass is 35.5. The molecule has 0 amide bonds. The van der Waals surface area contributed by atoms with Crippen molar-refractivity contribution in [3.05, 3.63) is 47.3 Å². The van der Waals surface area contributed by atoms with Gasteiger partial charge in [-0.3, -0.25) is 0 Å². The number of rotatable bonds is 8. The van der Waals surface area contributed by atoms with Crippen molar-refractivity contribution >= 4 is 23.4 Å². The second-order valence-electron chi connectivity index (χ2n) is 6.08. The molecule has 2 heterocycles. The van der Waals surface area contributed by atoms with Gasteiger partial charge < -0.3 is 23.0 Å². The highest BCUT2D eigenvalue weighted by molar-refractivity contribution is 7.98. The number of aromatic nitrogens is 4. The second kappa shape index (κ2) is 9.27. The van der Waals surface area contributed by atoms with Crippen LogP contribution >= 0.6 is 23.4 Å². The minimum Gasteiger partial charge on any atom is -0.493 e. The zero-order valence-corrected chi connectivity index (χ0v) is 18.4. The molecule has 0 saturated heterocycles. The van der Waals surface area contributed by atoms with Crippen molar-refractivity contribution in [1.82, 2.24) is 20.4 Å². The van der Waals surface area contributed by atoms with Gasteiger partial charge in [0.2, 0.25) is 23.4 Å². The molecule has 4 aromatic rings. The summed E-state index contributed by atoms with van der Waals surface area (Å²) in [5.41, 5.74) is 1.42. The molecule has 31 heavy (non-hydrogen) atoms. The predicted molar refractivity (Wildman–Crippen MR) is 114 cm³/mol. The highest BCUT2D eigenvalue weighted by Crippen LogP contribution is 2.41. The third-order valence-electron chi connectivity index (χ3n) is 4.20. The summed E-state index contributed by atoms with van der Waals surface area (Å²) >= 11 is 7.19. The summed E-state index contributed by atoms with van der Waals surface area (Å²) in [4.78, 5) is 0. The van der Waals surface area contributed by atoms with Crippen molar-refractivity contribution in [2.45, 2.75) is 11.0 Å². The molecule has 9 nitrogen and oxygen atoms in total. The van der Waals surface area contributed by atoms with Crippen molar-refractivity contribution < 1.29 is 23.0 Å². The van der Waals surface area contributed by atoms with Crippen LogP contribution in [0.4, 0.5) is 0 Å². The number of hydrogen-bond acceptors (Lipinski definition) is 10. The lowest BCUT2D eigenvalue weighted by Gasteiger charge is -2.12. The molecule has 0 fully saturated rings. The van der Waals surface area contributed by atoms with E-state index in [1.807, 2.05) is 12.1 Å². The fraction of sp³-hybridized carbons (Fsp3) is 0.200. The van der Waals surface area contributed by atoms with Gasteiger partial charge in [0.1, 0.15) is 0 Å². The standard InChI is InChI=1S/C20H17ClN4O5S/c1-26-14-8-12(9-15(27-2)17(14)28-3)19-24-25-20(30-19)31-10-16-22-23-18(29-16)11-4-6-13(21)7-5-11/h4-9H,10H2,1-3H3. The van der Waals surface area contributed by atoms with Gasteiger partial charge in [0.05, 0.1) is 27.1 Å². The smallest absolute Gasteiger partial charge is 0.277 e. The summed E-state index contributed by atoms with van der Waals surface area (Å²) in [5, 5.41) is 17.3. The molecular formula is C20H17ClN4O5S. The maximum atomic E-state index is 5.90. The largest absolute Gasteiger partial charge is 0.493 e. The molecule has 0 aliphatic carbocycles. The van der Waals surface area contributed by atoms with Crippen LogP contribution in [0.2, 0.25) is 5.02 Å². The summed E-state index contributed by atoms with van der Waals surface area (Å²) in [7, 11) is 4.62. The Balaban J connectivity index is 1.47. The van der Waals surface area contributed by atoms with Crippen molar-refractivity contribution in [3.63, 3.8) is 0 Å². The van der Waals surface area contributed by atoms with E-state index in [1.54, 1.807) is 38.5 Å². The number of ether oxygens (including phenoxy) is 3. The van der Waals surface area contributed by atoms with Crippen LogP contribution in [0, 0.1) is 0 Å². The first-order valence-electron chi connectivity index (χ1n) is 8.96. The SMILES string of the molecule is COc1cc(-c2nnc(SCc3nnc(-c4ccc(Cl)cc4)o3)o2)cc(OC)c1OC. The molecular weight excluding hydrogens is 444 g/mol. The Bertz CT molecular complexity index is 1150. The number of thioether (sulfide) groups is 1. The van der Waals surface area contributed by atoms with Gasteiger partial charge in [-0.05, 0) is 36.4 Å². The molecule has 0 unspecified atom stereocenters. The molecule has 11 heteroatoms. The fourth-order valence-electron chi connectivity index (χ4n) is 2.73. The topological polar surface area (TPSA) is 106 Å². The minimum atomic E-state index is 0.314. The number of hydrogen-bond donors (Lipinski definition) is 0. The molecule has 0 bridgehead atoms. The summed E-state index contributed by atoms with van der Waals surface area (Å²) in [5.74, 6) is 3.00. The lowest BCUT2D eigenvalue weighted by molar-refractivity contribution is 0.324. The van der Waals surface area contributed by atoms with E-state index >= 15 is 0 Å². The van der Waals surface area contributed by atoms with Gasteiger partial charge in [-0.2, -0.15) is 0 Å². The summed E-state index contributed by atoms with van der Waals surface area (Å²) in [6.07, 6.45) is 0. The average Bonchev–Trinajstić information content (AvgIpc) is 3.47. The molecule has 0 aliphatic rings. The van der Waals surface area contributed by atoms with E-state index in [-0.39, 0.29) is 0 Å². The van der Waals surface area contributed by atoms with Crippen LogP contribution in [0.25, 0.3) is 22.9 Å². The Morgan fingerprint density at radius 3 is 2.10 bits per heavy atom. The van der Waals surface area contributed by atoms with Gasteiger partial charge in [-0.25, -0.2) is 0 Å². The van der Waals surface area contributed by atoms with Crippen LogP contribution in [0.15, 0.2) is 50.5 Å². The summed E-state index contributed by atoms with van der Waals surface area (Å²) in [6, 6.07) is 10.6. The number of benzene rings is 2. The van der Waals surface area contributed by atoms with Gasteiger partial charge in [-0.1, -0.05) is 23.4 Å². The van der Waals surface area contributed by atoms with E-state index in [9.17, 15) is 0 Å². The molecule has 2 aromatic carbocycles. The lowest BCUT2D eigenvalue weighted by atomic mass is 10.2. The van der Waals surface area contributed by atoms with Crippen molar-refractivity contribution in [2.24, 2.45) is 0 Å². The lowest BCUT2D eigenvalue weighted by Crippen LogP contribution is -1.95. The van der Waals surface area contributed by atoms with Crippen LogP contribution < -0.4 is 14.2 Å². The van der Waals surface area contributed by atoms with Gasteiger partial charge >= 0.3 is 0 Å². The van der Waals surface area contributed by atoms with E-state index in [4.69, 9.17) is 34.6 Å². The third kappa shape index (κ3) is 4.59. The number of halogens is 1. The first-order chi connectivity index (χ1) is 15.1. The molecule has 0 spiro atoms. The van der Waals surface area contributed by atoms with E-state index in [1.165, 1.54) is 18.9 Å². The average molecular weight is 461 g/mol. The third-order valence-corrected chi connectivity index (χ3v) is 5.25. The monoisotopic (exact) mass is 460 g/mol. The summed E-state index contributed by atoms with van der Waals surface area (Å²) in [6.45, 7) is 0. The highest BCUT2D eigenvalue weighted by Gasteiger charge is 2.18. The summed E-state index contributed by atoms with van der Waals surface area (Å²) < 4.78 is 27.5. The van der Waals surface area contributed by atoms with Gasteiger partial charge in [0.25, 0.3) is 5.22 Å². The maximum absolute atomic E-state index is 5.90. The Kier molecular flexibility index (Phi) is 6.28. The zero-order chi connectivity index (χ0) is 21.8.